The van der Waals surface area contributed by atoms with Gasteiger partial charge in [-0.05, 0) is 25.3 Å². The van der Waals surface area contributed by atoms with Crippen LogP contribution in [0.1, 0.15) is 39.4 Å². The molecule has 0 bridgehead atoms. The summed E-state index contributed by atoms with van der Waals surface area (Å²) in [6.45, 7) is 7.92. The number of carboxylic acids is 1. The van der Waals surface area contributed by atoms with Crippen molar-refractivity contribution in [1.29, 1.82) is 0 Å². The molecule has 1 amide bonds. The number of hydrogen-bond acceptors (Lipinski definition) is 4. The van der Waals surface area contributed by atoms with Crippen molar-refractivity contribution in [2.45, 2.75) is 40.3 Å². The number of rotatable bonds is 5. The first-order valence-electron chi connectivity index (χ1n) is 6.77. The van der Waals surface area contributed by atoms with Crippen LogP contribution in [0, 0.1) is 17.3 Å². The van der Waals surface area contributed by atoms with E-state index in [1.54, 1.807) is 20.0 Å². The number of aliphatic carboxylic acids is 1. The third kappa shape index (κ3) is 3.49. The molecule has 0 unspecified atom stereocenters. The molecule has 7 heteroatoms. The molecule has 2 rings (SSSR count). The first kappa shape index (κ1) is 18.2. The van der Waals surface area contributed by atoms with Crippen LogP contribution in [-0.2, 0) is 16.1 Å². The van der Waals surface area contributed by atoms with Gasteiger partial charge in [0.25, 0.3) is 0 Å². The van der Waals surface area contributed by atoms with Crippen molar-refractivity contribution >= 4 is 11.9 Å². The molecular weight excluding hydrogens is 281 g/mol. The molecule has 0 spiro atoms. The molecule has 6 nitrogen and oxygen atoms in total. The minimum atomic E-state index is -1.15. The second kappa shape index (κ2) is 6.50. The van der Waals surface area contributed by atoms with Crippen LogP contribution in [0.5, 0.6) is 0 Å². The van der Waals surface area contributed by atoms with Gasteiger partial charge in [-0.15, -0.1) is 0 Å². The summed E-state index contributed by atoms with van der Waals surface area (Å²) in [5.41, 5.74) is 0.373. The molecule has 0 radical (unpaired) electrons. The molecule has 2 atom stereocenters. The van der Waals surface area contributed by atoms with Crippen molar-refractivity contribution in [3.8, 4) is 0 Å². The third-order valence-electron chi connectivity index (χ3n) is 4.05. The van der Waals surface area contributed by atoms with E-state index in [9.17, 15) is 14.7 Å². The van der Waals surface area contributed by atoms with E-state index in [0.717, 1.165) is 5.69 Å². The summed E-state index contributed by atoms with van der Waals surface area (Å²) < 4.78 is 1.83. The van der Waals surface area contributed by atoms with E-state index < -0.39 is 23.2 Å². The molecular formula is C14H20N3NaO3. The number of aromatic nitrogens is 2. The number of carbonyl (C=O) groups excluding carboxylic acids is 2. The van der Waals surface area contributed by atoms with Gasteiger partial charge in [0.15, 0.2) is 0 Å². The maximum Gasteiger partial charge on any atom is 1.00 e. The van der Waals surface area contributed by atoms with E-state index in [2.05, 4.69) is 10.4 Å². The predicted octanol–water partition coefficient (Wildman–Crippen LogP) is -2.89. The Bertz CT molecular complexity index is 539. The SMILES string of the molecule is CC(C)n1nccc1CNC(=O)[C@@H]1[C@H](C(=O)[O-])C1(C)C.[Na+]. The standard InChI is InChI=1S/C14H21N3O3.Na/c1-8(2)17-9(5-6-16-17)7-15-12(18)10-11(13(19)20)14(10,3)4;/h5-6,8,10-11H,7H2,1-4H3,(H,15,18)(H,19,20);/q;+1/p-1/t10-,11+;/m0./s1. The summed E-state index contributed by atoms with van der Waals surface area (Å²) in [6, 6.07) is 2.06. The summed E-state index contributed by atoms with van der Waals surface area (Å²) in [4.78, 5) is 23.0. The zero-order chi connectivity index (χ0) is 15.1. The maximum atomic E-state index is 12.1. The molecule has 1 aromatic heterocycles. The Balaban J connectivity index is 0.00000220. The zero-order valence-electron chi connectivity index (χ0n) is 13.2. The summed E-state index contributed by atoms with van der Waals surface area (Å²) in [5, 5.41) is 17.9. The third-order valence-corrected chi connectivity index (χ3v) is 4.05. The van der Waals surface area contributed by atoms with Gasteiger partial charge in [-0.3, -0.25) is 9.48 Å². The fourth-order valence-electron chi connectivity index (χ4n) is 2.80. The van der Waals surface area contributed by atoms with Crippen molar-refractivity contribution in [3.05, 3.63) is 18.0 Å². The Morgan fingerprint density at radius 2 is 2.05 bits per heavy atom. The first-order valence-corrected chi connectivity index (χ1v) is 6.77. The van der Waals surface area contributed by atoms with Crippen molar-refractivity contribution in [3.63, 3.8) is 0 Å². The van der Waals surface area contributed by atoms with Gasteiger partial charge in [0.2, 0.25) is 5.91 Å². The Kier molecular flexibility index (Phi) is 5.63. The molecule has 1 aromatic rings. The fraction of sp³-hybridized carbons (Fsp3) is 0.643. The molecule has 0 aromatic carbocycles. The molecule has 1 aliphatic carbocycles. The van der Waals surface area contributed by atoms with Crippen LogP contribution in [0.15, 0.2) is 12.3 Å². The molecule has 0 saturated heterocycles. The summed E-state index contributed by atoms with van der Waals surface area (Å²) in [5.74, 6) is -2.59. The van der Waals surface area contributed by atoms with Crippen molar-refractivity contribution in [1.82, 2.24) is 15.1 Å². The smallest absolute Gasteiger partial charge is 0.550 e. The number of nitrogens with one attached hydrogen (secondary N) is 1. The summed E-state index contributed by atoms with van der Waals surface area (Å²) in [7, 11) is 0. The average Bonchev–Trinajstić information content (AvgIpc) is 2.73. The quantitative estimate of drug-likeness (QED) is 0.591. The fourth-order valence-corrected chi connectivity index (χ4v) is 2.80. The topological polar surface area (TPSA) is 87.0 Å². The van der Waals surface area contributed by atoms with Gasteiger partial charge in [0.05, 0.1) is 18.2 Å². The number of carbonyl (C=O) groups is 2. The van der Waals surface area contributed by atoms with Crippen LogP contribution in [0.25, 0.3) is 0 Å². The van der Waals surface area contributed by atoms with Crippen molar-refractivity contribution in [2.75, 3.05) is 0 Å². The Hall–Kier alpha value is -0.850. The number of amides is 1. The Morgan fingerprint density at radius 3 is 2.52 bits per heavy atom. The Morgan fingerprint density at radius 1 is 1.43 bits per heavy atom. The van der Waals surface area contributed by atoms with Gasteiger partial charge in [-0.1, -0.05) is 13.8 Å². The predicted molar refractivity (Wildman–Crippen MR) is 70.2 cm³/mol. The van der Waals surface area contributed by atoms with Gasteiger partial charge in [-0.25, -0.2) is 0 Å². The van der Waals surface area contributed by atoms with Crippen LogP contribution in [0.3, 0.4) is 0 Å². The van der Waals surface area contributed by atoms with E-state index in [1.807, 2.05) is 24.6 Å². The normalized spacial score (nSPS) is 22.5. The second-order valence-electron chi connectivity index (χ2n) is 6.17. The molecule has 1 N–H and O–H groups in total. The monoisotopic (exact) mass is 301 g/mol. The van der Waals surface area contributed by atoms with Crippen LogP contribution >= 0.6 is 0 Å². The molecule has 1 fully saturated rings. The average molecular weight is 301 g/mol. The summed E-state index contributed by atoms with van der Waals surface area (Å²) >= 11 is 0. The van der Waals surface area contributed by atoms with E-state index in [0.29, 0.717) is 6.54 Å². The molecule has 1 saturated carbocycles. The van der Waals surface area contributed by atoms with Gasteiger partial charge >= 0.3 is 29.6 Å². The maximum absolute atomic E-state index is 12.1. The molecule has 21 heavy (non-hydrogen) atoms. The van der Waals surface area contributed by atoms with Crippen LogP contribution < -0.4 is 40.0 Å². The molecule has 0 aliphatic heterocycles. The van der Waals surface area contributed by atoms with E-state index in [4.69, 9.17) is 0 Å². The van der Waals surface area contributed by atoms with E-state index >= 15 is 0 Å². The van der Waals surface area contributed by atoms with Gasteiger partial charge in [-0.2, -0.15) is 5.10 Å². The van der Waals surface area contributed by atoms with Crippen molar-refractivity contribution in [2.24, 2.45) is 17.3 Å². The minimum absolute atomic E-state index is 0. The van der Waals surface area contributed by atoms with Gasteiger partial charge in [0, 0.05) is 24.1 Å². The number of carboxylic acid groups (broad SMARTS) is 1. The van der Waals surface area contributed by atoms with Gasteiger partial charge < -0.3 is 15.2 Å². The van der Waals surface area contributed by atoms with Crippen LogP contribution in [-0.4, -0.2) is 21.7 Å². The summed E-state index contributed by atoms with van der Waals surface area (Å²) in [6.07, 6.45) is 1.69. The molecule has 1 aliphatic rings. The van der Waals surface area contributed by atoms with E-state index in [1.165, 1.54) is 0 Å². The first-order chi connectivity index (χ1) is 9.26. The largest absolute Gasteiger partial charge is 1.00 e. The van der Waals surface area contributed by atoms with Gasteiger partial charge in [0.1, 0.15) is 0 Å². The molecule has 110 valence electrons. The Labute approximate surface area is 146 Å². The number of nitrogens with zero attached hydrogens (tertiary/aromatic N) is 2. The molecule has 1 heterocycles. The second-order valence-corrected chi connectivity index (χ2v) is 6.17. The van der Waals surface area contributed by atoms with Crippen molar-refractivity contribution < 1.29 is 44.3 Å². The van der Waals surface area contributed by atoms with E-state index in [-0.39, 0.29) is 41.5 Å². The number of hydrogen-bond donors (Lipinski definition) is 1. The van der Waals surface area contributed by atoms with Crippen LogP contribution in [0.2, 0.25) is 0 Å². The van der Waals surface area contributed by atoms with Crippen LogP contribution in [0.4, 0.5) is 0 Å². The zero-order valence-corrected chi connectivity index (χ0v) is 15.2. The minimum Gasteiger partial charge on any atom is -0.550 e.